The van der Waals surface area contributed by atoms with Crippen molar-refractivity contribution in [3.05, 3.63) is 70.0 Å². The summed E-state index contributed by atoms with van der Waals surface area (Å²) < 4.78 is 1.68. The van der Waals surface area contributed by atoms with Crippen LogP contribution in [0.15, 0.2) is 48.5 Å². The Morgan fingerprint density at radius 3 is 2.52 bits per heavy atom. The lowest BCUT2D eigenvalue weighted by atomic mass is 10.1. The molecule has 0 radical (unpaired) electrons. The van der Waals surface area contributed by atoms with E-state index < -0.39 is 0 Å². The zero-order chi connectivity index (χ0) is 16.4. The van der Waals surface area contributed by atoms with E-state index in [4.69, 9.17) is 23.2 Å². The second-order valence-electron chi connectivity index (χ2n) is 5.32. The SMILES string of the molecule is CN(C)C(c1ccccc1Cl)c1nnnn1-c1cccc(Cl)c1. The molecule has 23 heavy (non-hydrogen) atoms. The van der Waals surface area contributed by atoms with Gasteiger partial charge < -0.3 is 0 Å². The molecule has 0 aliphatic rings. The lowest BCUT2D eigenvalue weighted by Gasteiger charge is -2.24. The predicted octanol–water partition coefficient (Wildman–Crippen LogP) is 3.62. The third-order valence-corrected chi connectivity index (χ3v) is 4.09. The quantitative estimate of drug-likeness (QED) is 0.723. The summed E-state index contributed by atoms with van der Waals surface area (Å²) in [6.07, 6.45) is 0. The number of hydrogen-bond donors (Lipinski definition) is 0. The van der Waals surface area contributed by atoms with Crippen molar-refractivity contribution in [2.24, 2.45) is 0 Å². The normalized spacial score (nSPS) is 12.6. The molecule has 1 atom stereocenters. The molecular formula is C16H15Cl2N5. The minimum Gasteiger partial charge on any atom is -0.296 e. The van der Waals surface area contributed by atoms with Crippen molar-refractivity contribution >= 4 is 23.2 Å². The summed E-state index contributed by atoms with van der Waals surface area (Å²) in [5.74, 6) is 0.672. The van der Waals surface area contributed by atoms with Crippen molar-refractivity contribution in [2.45, 2.75) is 6.04 Å². The second-order valence-corrected chi connectivity index (χ2v) is 6.16. The molecule has 118 valence electrons. The first-order valence-electron chi connectivity index (χ1n) is 7.03. The fourth-order valence-corrected chi connectivity index (χ4v) is 2.92. The van der Waals surface area contributed by atoms with Gasteiger partial charge in [0.25, 0.3) is 0 Å². The summed E-state index contributed by atoms with van der Waals surface area (Å²) in [4.78, 5) is 2.02. The van der Waals surface area contributed by atoms with Gasteiger partial charge in [-0.05, 0) is 54.4 Å². The van der Waals surface area contributed by atoms with Gasteiger partial charge in [0.1, 0.15) is 0 Å². The molecule has 3 aromatic rings. The summed E-state index contributed by atoms with van der Waals surface area (Å²) in [6, 6.07) is 14.9. The zero-order valence-electron chi connectivity index (χ0n) is 12.7. The fourth-order valence-electron chi connectivity index (χ4n) is 2.50. The van der Waals surface area contributed by atoms with Gasteiger partial charge in [-0.3, -0.25) is 4.90 Å². The topological polar surface area (TPSA) is 46.8 Å². The first kappa shape index (κ1) is 15.9. The maximum atomic E-state index is 6.38. The molecule has 0 saturated carbocycles. The summed E-state index contributed by atoms with van der Waals surface area (Å²) in [5, 5.41) is 13.5. The highest BCUT2D eigenvalue weighted by molar-refractivity contribution is 6.31. The molecule has 0 bridgehead atoms. The van der Waals surface area contributed by atoms with Gasteiger partial charge in [-0.2, -0.15) is 4.68 Å². The number of hydrogen-bond acceptors (Lipinski definition) is 4. The van der Waals surface area contributed by atoms with E-state index in [-0.39, 0.29) is 6.04 Å². The minimum absolute atomic E-state index is 0.183. The number of nitrogens with zero attached hydrogens (tertiary/aromatic N) is 5. The van der Waals surface area contributed by atoms with Crippen LogP contribution >= 0.6 is 23.2 Å². The van der Waals surface area contributed by atoms with E-state index in [1.165, 1.54) is 0 Å². The number of benzene rings is 2. The average molecular weight is 348 g/mol. The van der Waals surface area contributed by atoms with Crippen LogP contribution in [0.4, 0.5) is 0 Å². The minimum atomic E-state index is -0.183. The van der Waals surface area contributed by atoms with Gasteiger partial charge in [0.05, 0.1) is 11.7 Å². The van der Waals surface area contributed by atoms with Crippen molar-refractivity contribution in [2.75, 3.05) is 14.1 Å². The van der Waals surface area contributed by atoms with E-state index in [1.54, 1.807) is 4.68 Å². The molecule has 3 rings (SSSR count). The third kappa shape index (κ3) is 3.22. The van der Waals surface area contributed by atoms with Crippen LogP contribution in [-0.2, 0) is 0 Å². The van der Waals surface area contributed by atoms with Gasteiger partial charge >= 0.3 is 0 Å². The van der Waals surface area contributed by atoms with Crippen molar-refractivity contribution < 1.29 is 0 Å². The van der Waals surface area contributed by atoms with Gasteiger partial charge in [-0.15, -0.1) is 5.10 Å². The third-order valence-electron chi connectivity index (χ3n) is 3.51. The molecule has 1 unspecified atom stereocenters. The van der Waals surface area contributed by atoms with Crippen LogP contribution in [0.25, 0.3) is 5.69 Å². The summed E-state index contributed by atoms with van der Waals surface area (Å²) in [7, 11) is 3.93. The van der Waals surface area contributed by atoms with Crippen LogP contribution in [0, 0.1) is 0 Å². The number of rotatable bonds is 4. The fraction of sp³-hybridized carbons (Fsp3) is 0.188. The van der Waals surface area contributed by atoms with E-state index in [9.17, 15) is 0 Å². The van der Waals surface area contributed by atoms with Crippen LogP contribution in [0.3, 0.4) is 0 Å². The maximum Gasteiger partial charge on any atom is 0.178 e. The Labute approximate surface area is 144 Å². The molecule has 0 amide bonds. The van der Waals surface area contributed by atoms with E-state index in [0.717, 1.165) is 11.3 Å². The van der Waals surface area contributed by atoms with Gasteiger partial charge in [0, 0.05) is 10.0 Å². The Kier molecular flexibility index (Phi) is 4.61. The largest absolute Gasteiger partial charge is 0.296 e. The monoisotopic (exact) mass is 347 g/mol. The highest BCUT2D eigenvalue weighted by Gasteiger charge is 2.25. The standard InChI is InChI=1S/C16H15Cl2N5/c1-22(2)15(13-8-3-4-9-14(13)18)16-19-20-21-23(16)12-7-5-6-11(17)10-12/h3-10,15H,1-2H3. The van der Waals surface area contributed by atoms with E-state index >= 15 is 0 Å². The lowest BCUT2D eigenvalue weighted by molar-refractivity contribution is 0.325. The average Bonchev–Trinajstić information content (AvgIpc) is 2.98. The number of tetrazole rings is 1. The molecule has 0 aliphatic heterocycles. The van der Waals surface area contributed by atoms with Gasteiger partial charge in [-0.1, -0.05) is 47.5 Å². The van der Waals surface area contributed by atoms with E-state index in [0.29, 0.717) is 15.9 Å². The molecule has 0 fully saturated rings. The van der Waals surface area contributed by atoms with Crippen LogP contribution < -0.4 is 0 Å². The zero-order valence-corrected chi connectivity index (χ0v) is 14.2. The summed E-state index contributed by atoms with van der Waals surface area (Å²) >= 11 is 12.5. The van der Waals surface area contributed by atoms with Crippen LogP contribution in [-0.4, -0.2) is 39.2 Å². The maximum absolute atomic E-state index is 6.38. The number of aromatic nitrogens is 4. The Balaban J connectivity index is 2.13. The molecule has 0 aliphatic carbocycles. The molecule has 2 aromatic carbocycles. The first-order chi connectivity index (χ1) is 11.1. The van der Waals surface area contributed by atoms with Gasteiger partial charge in [0.15, 0.2) is 5.82 Å². The molecular weight excluding hydrogens is 333 g/mol. The van der Waals surface area contributed by atoms with Crippen LogP contribution in [0.5, 0.6) is 0 Å². The van der Waals surface area contributed by atoms with Gasteiger partial charge in [0.2, 0.25) is 0 Å². The molecule has 0 N–H and O–H groups in total. The Morgan fingerprint density at radius 1 is 1.04 bits per heavy atom. The molecule has 0 saturated heterocycles. The highest BCUT2D eigenvalue weighted by atomic mass is 35.5. The van der Waals surface area contributed by atoms with E-state index in [1.807, 2.05) is 67.5 Å². The molecule has 7 heteroatoms. The Bertz CT molecular complexity index is 815. The van der Waals surface area contributed by atoms with Crippen molar-refractivity contribution in [1.82, 2.24) is 25.1 Å². The Morgan fingerprint density at radius 2 is 1.83 bits per heavy atom. The predicted molar refractivity (Wildman–Crippen MR) is 91.1 cm³/mol. The van der Waals surface area contributed by atoms with Gasteiger partial charge in [-0.25, -0.2) is 0 Å². The molecule has 1 aromatic heterocycles. The van der Waals surface area contributed by atoms with Crippen molar-refractivity contribution in [3.63, 3.8) is 0 Å². The van der Waals surface area contributed by atoms with Crippen LogP contribution in [0.2, 0.25) is 10.0 Å². The first-order valence-corrected chi connectivity index (χ1v) is 7.78. The molecule has 5 nitrogen and oxygen atoms in total. The smallest absolute Gasteiger partial charge is 0.178 e. The van der Waals surface area contributed by atoms with Crippen molar-refractivity contribution in [1.29, 1.82) is 0 Å². The van der Waals surface area contributed by atoms with E-state index in [2.05, 4.69) is 15.5 Å². The Hall–Kier alpha value is -1.95. The second kappa shape index (κ2) is 6.66. The molecule has 0 spiro atoms. The molecule has 1 heterocycles. The summed E-state index contributed by atoms with van der Waals surface area (Å²) in [6.45, 7) is 0. The lowest BCUT2D eigenvalue weighted by Crippen LogP contribution is -2.25. The number of halogens is 2. The highest BCUT2D eigenvalue weighted by Crippen LogP contribution is 2.31. The van der Waals surface area contributed by atoms with Crippen molar-refractivity contribution in [3.8, 4) is 5.69 Å². The summed E-state index contributed by atoms with van der Waals surface area (Å²) in [5.41, 5.74) is 1.74. The van der Waals surface area contributed by atoms with Crippen LogP contribution in [0.1, 0.15) is 17.4 Å².